The molecule has 102 heavy (non-hydrogen) atoms. The van der Waals surface area contributed by atoms with Crippen LogP contribution in [0.25, 0.3) is 138 Å². The fourth-order valence-corrected chi connectivity index (χ4v) is 21.3. The second kappa shape index (κ2) is 18.9. The van der Waals surface area contributed by atoms with Crippen molar-refractivity contribution in [1.29, 1.82) is 0 Å². The zero-order valence-corrected chi connectivity index (χ0v) is 56.6. The molecule has 0 saturated carbocycles. The van der Waals surface area contributed by atoms with Crippen LogP contribution in [0.2, 0.25) is 0 Å². The molecule has 15 aromatic carbocycles. The number of fused-ring (bicyclic) bond motifs is 39. The van der Waals surface area contributed by atoms with Gasteiger partial charge < -0.3 is 18.3 Å². The molecule has 0 saturated heterocycles. The van der Waals surface area contributed by atoms with Crippen LogP contribution in [-0.2, 0) is 21.7 Å². The highest BCUT2D eigenvalue weighted by Gasteiger charge is 2.57. The van der Waals surface area contributed by atoms with E-state index in [2.05, 4.69) is 340 Å². The van der Waals surface area contributed by atoms with Crippen LogP contribution in [0.3, 0.4) is 0 Å². The highest BCUT2D eigenvalue weighted by molar-refractivity contribution is 6.22. The Bertz CT molecular complexity index is 6810. The highest BCUT2D eigenvalue weighted by atomic mass is 16.3. The third-order valence-electron chi connectivity index (χ3n) is 25.1. The molecule has 4 nitrogen and oxygen atoms in total. The molecule has 2 spiro atoms. The minimum atomic E-state index is -0.723. The van der Waals surface area contributed by atoms with E-state index in [-0.39, 0.29) is 5.41 Å². The molecule has 6 aliphatic rings. The molecule has 0 aliphatic heterocycles. The fraction of sp³-hybridized carbons (Fsp3) is 0.0816. The molecule has 0 unspecified atom stereocenters. The molecule has 0 atom stereocenters. The molecule has 24 rings (SSSR count). The predicted molar refractivity (Wildman–Crippen MR) is 418 cm³/mol. The van der Waals surface area contributed by atoms with Gasteiger partial charge in [-0.25, -0.2) is 0 Å². The van der Waals surface area contributed by atoms with Gasteiger partial charge in [-0.3, -0.25) is 0 Å². The van der Waals surface area contributed by atoms with E-state index in [1.54, 1.807) is 0 Å². The Morgan fingerprint density at radius 2 is 0.716 bits per heavy atom. The van der Waals surface area contributed by atoms with Gasteiger partial charge in [-0.05, 0) is 219 Å². The van der Waals surface area contributed by atoms with E-state index >= 15 is 0 Å². The van der Waals surface area contributed by atoms with Gasteiger partial charge in [0.2, 0.25) is 0 Å². The SMILES string of the molecule is CC1(C)c2cc(N(c3ccc4c(c3)C3(c5ccccc5-c5ccccc53)c3cc5c(cc3-4)C3(c4ccccc4-c4ccccc43)c3ccc4oc6ccccc6c4c3-5)c3ccc4c(c3)c3ccccc3n4-c3ccccc3)ccc2-c2c1c1c(c3c2oc2ccccc23)-c2ccccc2C1(C)C. The summed E-state index contributed by atoms with van der Waals surface area (Å²) in [5.41, 5.74) is 39.3. The van der Waals surface area contributed by atoms with Crippen molar-refractivity contribution in [3.63, 3.8) is 0 Å². The van der Waals surface area contributed by atoms with Gasteiger partial charge in [0.1, 0.15) is 22.3 Å². The summed E-state index contributed by atoms with van der Waals surface area (Å²) >= 11 is 0. The smallest absolute Gasteiger partial charge is 0.144 e. The number of anilines is 3. The maximum atomic E-state index is 7.26. The molecule has 0 radical (unpaired) electrons. The zero-order chi connectivity index (χ0) is 67.0. The first kappa shape index (κ1) is 55.4. The van der Waals surface area contributed by atoms with Crippen molar-refractivity contribution < 1.29 is 8.83 Å². The molecule has 18 aromatic rings. The molecule has 3 heterocycles. The van der Waals surface area contributed by atoms with Gasteiger partial charge in [-0.1, -0.05) is 240 Å². The summed E-state index contributed by atoms with van der Waals surface area (Å²) in [5.74, 6) is 0. The summed E-state index contributed by atoms with van der Waals surface area (Å²) in [7, 11) is 0. The number of furan rings is 2. The van der Waals surface area contributed by atoms with E-state index in [1.165, 1.54) is 161 Å². The van der Waals surface area contributed by atoms with Crippen molar-refractivity contribution in [2.24, 2.45) is 0 Å². The van der Waals surface area contributed by atoms with Crippen molar-refractivity contribution >= 4 is 82.7 Å². The Hall–Kier alpha value is -12.5. The Labute approximate surface area is 589 Å². The van der Waals surface area contributed by atoms with Gasteiger partial charge in [0.25, 0.3) is 0 Å². The lowest BCUT2D eigenvalue weighted by Gasteiger charge is -2.33. The minimum absolute atomic E-state index is 0.281. The number of rotatable bonds is 4. The van der Waals surface area contributed by atoms with Crippen molar-refractivity contribution in [2.45, 2.75) is 49.4 Å². The highest BCUT2D eigenvalue weighted by Crippen LogP contribution is 2.70. The number of para-hydroxylation sites is 4. The third-order valence-corrected chi connectivity index (χ3v) is 25.1. The van der Waals surface area contributed by atoms with Crippen LogP contribution >= 0.6 is 0 Å². The molecule has 0 fully saturated rings. The van der Waals surface area contributed by atoms with Crippen LogP contribution in [0.5, 0.6) is 0 Å². The molecule has 6 aliphatic carbocycles. The largest absolute Gasteiger partial charge is 0.456 e. The third kappa shape index (κ3) is 6.41. The topological polar surface area (TPSA) is 34.5 Å². The molecule has 476 valence electrons. The maximum absolute atomic E-state index is 7.26. The quantitative estimate of drug-likeness (QED) is 0.176. The number of hydrogen-bond donors (Lipinski definition) is 0. The number of benzene rings is 15. The van der Waals surface area contributed by atoms with E-state index in [9.17, 15) is 0 Å². The maximum Gasteiger partial charge on any atom is 0.144 e. The molecule has 4 heteroatoms. The Morgan fingerprint density at radius 1 is 0.265 bits per heavy atom. The Balaban J connectivity index is 0.792. The van der Waals surface area contributed by atoms with Crippen LogP contribution in [0.15, 0.2) is 312 Å². The van der Waals surface area contributed by atoms with E-state index in [4.69, 9.17) is 8.83 Å². The van der Waals surface area contributed by atoms with Gasteiger partial charge in [-0.15, -0.1) is 0 Å². The molecule has 0 amide bonds. The minimum Gasteiger partial charge on any atom is -0.456 e. The first-order valence-corrected chi connectivity index (χ1v) is 36.0. The van der Waals surface area contributed by atoms with E-state index < -0.39 is 16.2 Å². The number of aromatic nitrogens is 1. The monoisotopic (exact) mass is 1300 g/mol. The lowest BCUT2D eigenvalue weighted by atomic mass is 9.68. The summed E-state index contributed by atoms with van der Waals surface area (Å²) < 4.78 is 16.6. The van der Waals surface area contributed by atoms with Crippen LogP contribution in [0.1, 0.15) is 94.5 Å². The zero-order valence-electron chi connectivity index (χ0n) is 56.6. The van der Waals surface area contributed by atoms with Crippen molar-refractivity contribution in [2.75, 3.05) is 4.90 Å². The van der Waals surface area contributed by atoms with E-state index in [0.717, 1.165) is 61.4 Å². The number of nitrogens with zero attached hydrogens (tertiary/aromatic N) is 2. The molecule has 3 aromatic heterocycles. The first-order chi connectivity index (χ1) is 50.1. The van der Waals surface area contributed by atoms with Crippen LogP contribution in [-0.4, -0.2) is 4.57 Å². The standard InChI is InChI=1S/C98H62N2O2/c1-95(2)72-34-16-12-31-65(72)89-90-68-33-15-23-41-85(68)102-94(90)91-66-46-43-57(51-78(66)96(3,4)93(91)92(89)95)99(56-44-48-83-70(50-56)64-30-13-21-39-82(64)100(83)55-24-6-5-7-25-55)58-42-45-63-69-53-81-71(54-80(69)98(79(63)52-58)75-37-19-10-28-61(75)62-29-11-20-38-76(62)98)87-77(47-49-86-88(87)67-32-14-22-40-84(67)101-86)97(81)73-35-17-8-26-59(73)60-27-9-18-36-74(60)97/h5-54H,1-4H3. The van der Waals surface area contributed by atoms with Gasteiger partial charge in [0.05, 0.1) is 21.9 Å². The van der Waals surface area contributed by atoms with E-state index in [0.29, 0.717) is 0 Å². The van der Waals surface area contributed by atoms with Crippen molar-refractivity contribution in [3.05, 3.63) is 370 Å². The molecular weight excluding hydrogens is 1240 g/mol. The van der Waals surface area contributed by atoms with Crippen molar-refractivity contribution in [1.82, 2.24) is 4.57 Å². The first-order valence-electron chi connectivity index (χ1n) is 36.0. The Kier molecular flexibility index (Phi) is 10.2. The summed E-state index contributed by atoms with van der Waals surface area (Å²) in [4.78, 5) is 2.58. The second-order valence-corrected chi connectivity index (χ2v) is 30.4. The second-order valence-electron chi connectivity index (χ2n) is 30.4. The van der Waals surface area contributed by atoms with Gasteiger partial charge in [0, 0.05) is 71.5 Å². The van der Waals surface area contributed by atoms with Gasteiger partial charge in [0.15, 0.2) is 0 Å². The van der Waals surface area contributed by atoms with Crippen molar-refractivity contribution in [3.8, 4) is 72.4 Å². The summed E-state index contributed by atoms with van der Waals surface area (Å²) in [6, 6.07) is 115. The van der Waals surface area contributed by atoms with Crippen LogP contribution < -0.4 is 4.90 Å². The average Bonchev–Trinajstić information content (AvgIpc) is 1.49. The normalized spacial score (nSPS) is 15.4. The molecule has 0 N–H and O–H groups in total. The summed E-state index contributed by atoms with van der Waals surface area (Å²) in [6.45, 7) is 9.83. The predicted octanol–water partition coefficient (Wildman–Crippen LogP) is 25.4. The van der Waals surface area contributed by atoms with Gasteiger partial charge in [-0.2, -0.15) is 0 Å². The number of hydrogen-bond acceptors (Lipinski definition) is 3. The van der Waals surface area contributed by atoms with Gasteiger partial charge >= 0.3 is 0 Å². The van der Waals surface area contributed by atoms with Crippen LogP contribution in [0.4, 0.5) is 17.1 Å². The molecule has 0 bridgehead atoms. The van der Waals surface area contributed by atoms with Crippen LogP contribution in [0, 0.1) is 0 Å². The molecular formula is C98H62N2O2. The lowest BCUT2D eigenvalue weighted by molar-refractivity contribution is 0.600. The summed E-state index contributed by atoms with van der Waals surface area (Å²) in [6.07, 6.45) is 0. The average molecular weight is 1300 g/mol. The Morgan fingerprint density at radius 3 is 1.39 bits per heavy atom. The lowest BCUT2D eigenvalue weighted by Crippen LogP contribution is -2.27. The fourth-order valence-electron chi connectivity index (χ4n) is 21.3. The van der Waals surface area contributed by atoms with E-state index in [1.807, 2.05) is 0 Å². The summed E-state index contributed by atoms with van der Waals surface area (Å²) in [5, 5.41) is 7.07.